The molecule has 0 aromatic heterocycles. The molecule has 100 valence electrons. The quantitative estimate of drug-likeness (QED) is 0.640. The Morgan fingerprint density at radius 3 is 2.61 bits per heavy atom. The van der Waals surface area contributed by atoms with Crippen molar-refractivity contribution < 1.29 is 18.6 Å². The second-order valence-electron chi connectivity index (χ2n) is 3.27. The first-order chi connectivity index (χ1) is 8.50. The first kappa shape index (κ1) is 15.1. The van der Waals surface area contributed by atoms with Gasteiger partial charge in [0.05, 0.1) is 13.2 Å². The molecule has 7 heteroatoms. The molecule has 2 N–H and O–H groups in total. The van der Waals surface area contributed by atoms with E-state index in [4.69, 9.17) is 31.1 Å². The van der Waals surface area contributed by atoms with Crippen molar-refractivity contribution in [1.29, 1.82) is 0 Å². The Morgan fingerprint density at radius 1 is 1.33 bits per heavy atom. The molecule has 1 atom stereocenters. The van der Waals surface area contributed by atoms with E-state index in [0.717, 1.165) is 0 Å². The monoisotopic (exact) mass is 289 g/mol. The van der Waals surface area contributed by atoms with Crippen molar-refractivity contribution in [3.8, 4) is 5.75 Å². The molecule has 1 aromatic rings. The number of rotatable bonds is 6. The molecule has 0 fully saturated rings. The van der Waals surface area contributed by atoms with Crippen molar-refractivity contribution in [2.75, 3.05) is 13.2 Å². The van der Waals surface area contributed by atoms with Gasteiger partial charge in [-0.05, 0) is 37.8 Å². The highest BCUT2D eigenvalue weighted by Gasteiger charge is 2.19. The molecule has 0 heterocycles. The van der Waals surface area contributed by atoms with Crippen LogP contribution in [-0.2, 0) is 21.1 Å². The highest BCUT2D eigenvalue weighted by molar-refractivity contribution is 8.09. The van der Waals surface area contributed by atoms with Crippen molar-refractivity contribution >= 4 is 24.4 Å². The predicted molar refractivity (Wildman–Crippen MR) is 73.1 cm³/mol. The average molecular weight is 289 g/mol. The fourth-order valence-electron chi connectivity index (χ4n) is 1.27. The molecule has 18 heavy (non-hydrogen) atoms. The first-order valence-electron chi connectivity index (χ1n) is 5.49. The molecule has 0 saturated heterocycles. The predicted octanol–water partition coefficient (Wildman–Crippen LogP) is 2.46. The minimum Gasteiger partial charge on any atom is -0.462 e. The number of ether oxygens (including phenoxy) is 1. The van der Waals surface area contributed by atoms with Gasteiger partial charge in [-0.3, -0.25) is 0 Å². The zero-order valence-corrected chi connectivity index (χ0v) is 12.0. The van der Waals surface area contributed by atoms with E-state index < -0.39 is 12.6 Å². The van der Waals surface area contributed by atoms with E-state index in [0.29, 0.717) is 12.2 Å². The zero-order valence-electron chi connectivity index (χ0n) is 10.3. The minimum absolute atomic E-state index is 0.287. The van der Waals surface area contributed by atoms with Crippen LogP contribution in [0.3, 0.4) is 0 Å². The number of nitrogens with two attached hydrogens (primary N) is 1. The number of carbonyl (C=O) groups excluding carboxylic acids is 1. The van der Waals surface area contributed by atoms with Gasteiger partial charge < -0.3 is 13.8 Å². The lowest BCUT2D eigenvalue weighted by Crippen LogP contribution is -2.10. The third-order valence-corrected chi connectivity index (χ3v) is 3.53. The second kappa shape index (κ2) is 6.85. The van der Waals surface area contributed by atoms with Crippen LogP contribution in [0.15, 0.2) is 24.3 Å². The van der Waals surface area contributed by atoms with Crippen molar-refractivity contribution in [3.05, 3.63) is 29.8 Å². The van der Waals surface area contributed by atoms with E-state index in [1.54, 1.807) is 38.1 Å². The second-order valence-corrected chi connectivity index (χ2v) is 6.31. The molecule has 0 amide bonds. The Bertz CT molecular complexity index is 466. The Hall–Kier alpha value is -0.940. The van der Waals surface area contributed by atoms with Gasteiger partial charge in [0.1, 0.15) is 11.3 Å². The van der Waals surface area contributed by atoms with Crippen molar-refractivity contribution in [1.82, 2.24) is 0 Å². The van der Waals surface area contributed by atoms with Crippen LogP contribution in [0.5, 0.6) is 5.75 Å². The van der Waals surface area contributed by atoms with Gasteiger partial charge in [0, 0.05) is 0 Å². The Kier molecular flexibility index (Phi) is 5.75. The summed E-state index contributed by atoms with van der Waals surface area (Å²) < 4.78 is 15.5. The van der Waals surface area contributed by atoms with Gasteiger partial charge in [0.25, 0.3) is 0 Å². The summed E-state index contributed by atoms with van der Waals surface area (Å²) in [5.41, 5.74) is 6.02. The largest absolute Gasteiger partial charge is 0.462 e. The summed E-state index contributed by atoms with van der Waals surface area (Å²) in [7, 11) is 0. The van der Waals surface area contributed by atoms with Gasteiger partial charge in [-0.25, -0.2) is 10.3 Å². The Labute approximate surface area is 111 Å². The third kappa shape index (κ3) is 4.38. The Balaban J connectivity index is 2.95. The highest BCUT2D eigenvalue weighted by Crippen LogP contribution is 2.41. The van der Waals surface area contributed by atoms with Crippen LogP contribution in [0, 0.1) is 0 Å². The lowest BCUT2D eigenvalue weighted by Gasteiger charge is -2.18. The number of hydrogen-bond acceptors (Lipinski definition) is 5. The summed E-state index contributed by atoms with van der Waals surface area (Å²) in [6, 6.07) is 6.63. The summed E-state index contributed by atoms with van der Waals surface area (Å²) in [6.07, 6.45) is 0. The van der Waals surface area contributed by atoms with E-state index in [-0.39, 0.29) is 12.4 Å². The van der Waals surface area contributed by atoms with Gasteiger partial charge in [0.15, 0.2) is 0 Å². The molecule has 1 aromatic carbocycles. The van der Waals surface area contributed by atoms with Crippen LogP contribution in [0.2, 0.25) is 0 Å². The maximum atomic E-state index is 11.7. The summed E-state index contributed by atoms with van der Waals surface area (Å²) in [4.78, 5) is 11.7. The molecule has 1 unspecified atom stereocenters. The Morgan fingerprint density at radius 2 is 2.00 bits per heavy atom. The average Bonchev–Trinajstić information content (AvgIpc) is 2.29. The first-order valence-corrected chi connectivity index (χ1v) is 8.19. The standard InChI is InChI=1S/C11H16NO4PS/c1-3-14-11(13)9-7-5-6-8-10(9)16-17(12,18)15-4-2/h5-8H,3-4H2,1-2H3,(H2,12,18). The van der Waals surface area contributed by atoms with E-state index in [2.05, 4.69) is 0 Å². The molecule has 0 saturated carbocycles. The number of carbonyl (C=O) groups is 1. The van der Waals surface area contributed by atoms with E-state index >= 15 is 0 Å². The number of esters is 1. The fraction of sp³-hybridized carbons (Fsp3) is 0.364. The molecule has 0 bridgehead atoms. The normalized spacial score (nSPS) is 13.7. The van der Waals surface area contributed by atoms with Crippen LogP contribution in [0.1, 0.15) is 24.2 Å². The molecular formula is C11H16NO4PS. The number of hydrogen-bond donors (Lipinski definition) is 1. The van der Waals surface area contributed by atoms with Crippen molar-refractivity contribution in [2.24, 2.45) is 5.50 Å². The zero-order chi connectivity index (χ0) is 13.6. The number of benzene rings is 1. The van der Waals surface area contributed by atoms with E-state index in [1.807, 2.05) is 0 Å². The van der Waals surface area contributed by atoms with Gasteiger partial charge in [-0.2, -0.15) is 0 Å². The fourth-order valence-corrected chi connectivity index (χ4v) is 2.67. The summed E-state index contributed by atoms with van der Waals surface area (Å²) >= 11 is 5.03. The summed E-state index contributed by atoms with van der Waals surface area (Å²) in [5.74, 6) is -0.185. The van der Waals surface area contributed by atoms with Crippen LogP contribution >= 0.6 is 6.64 Å². The smallest absolute Gasteiger partial charge is 0.341 e. The molecule has 0 aliphatic carbocycles. The number of para-hydroxylation sites is 1. The van der Waals surface area contributed by atoms with Gasteiger partial charge in [-0.1, -0.05) is 12.1 Å². The molecule has 1 rings (SSSR count). The van der Waals surface area contributed by atoms with Crippen molar-refractivity contribution in [2.45, 2.75) is 13.8 Å². The van der Waals surface area contributed by atoms with Crippen LogP contribution in [0.4, 0.5) is 0 Å². The summed E-state index contributed by atoms with van der Waals surface area (Å²) in [5, 5.41) is 0. The SMILES string of the molecule is CCOC(=O)c1ccccc1OP(N)(=S)OCC. The molecule has 0 aliphatic rings. The van der Waals surface area contributed by atoms with Gasteiger partial charge in [-0.15, -0.1) is 0 Å². The van der Waals surface area contributed by atoms with Gasteiger partial charge in [0.2, 0.25) is 0 Å². The topological polar surface area (TPSA) is 70.8 Å². The lowest BCUT2D eigenvalue weighted by molar-refractivity contribution is 0.0524. The molecule has 0 aliphatic heterocycles. The van der Waals surface area contributed by atoms with Crippen LogP contribution < -0.4 is 10.0 Å². The third-order valence-electron chi connectivity index (χ3n) is 1.92. The van der Waals surface area contributed by atoms with E-state index in [9.17, 15) is 4.79 Å². The van der Waals surface area contributed by atoms with Crippen LogP contribution in [0.25, 0.3) is 0 Å². The molecular weight excluding hydrogens is 273 g/mol. The van der Waals surface area contributed by atoms with Gasteiger partial charge >= 0.3 is 12.6 Å². The molecule has 0 spiro atoms. The lowest BCUT2D eigenvalue weighted by atomic mass is 10.2. The highest BCUT2D eigenvalue weighted by atomic mass is 32.5. The van der Waals surface area contributed by atoms with E-state index in [1.165, 1.54) is 0 Å². The minimum atomic E-state index is -2.87. The van der Waals surface area contributed by atoms with Crippen LogP contribution in [-0.4, -0.2) is 19.2 Å². The maximum absolute atomic E-state index is 11.7. The van der Waals surface area contributed by atoms with Crippen molar-refractivity contribution in [3.63, 3.8) is 0 Å². The molecule has 0 radical (unpaired) electrons. The maximum Gasteiger partial charge on any atom is 0.341 e. The summed E-state index contributed by atoms with van der Waals surface area (Å²) in [6.45, 7) is 1.27. The molecule has 5 nitrogen and oxygen atoms in total.